The van der Waals surface area contributed by atoms with Crippen LogP contribution in [0.3, 0.4) is 0 Å². The Morgan fingerprint density at radius 3 is 2.95 bits per heavy atom. The molecule has 2 aromatic rings. The highest BCUT2D eigenvalue weighted by Gasteiger charge is 2.16. The summed E-state index contributed by atoms with van der Waals surface area (Å²) in [5.41, 5.74) is 0. The topological polar surface area (TPSA) is 97.1 Å². The second-order valence-electron chi connectivity index (χ2n) is 4.10. The van der Waals surface area contributed by atoms with Gasteiger partial charge in [-0.3, -0.25) is 0 Å². The van der Waals surface area contributed by atoms with Crippen molar-refractivity contribution < 1.29 is 12.9 Å². The van der Waals surface area contributed by atoms with Crippen molar-refractivity contribution in [2.45, 2.75) is 31.3 Å². The van der Waals surface area contributed by atoms with Crippen molar-refractivity contribution in [1.29, 1.82) is 0 Å². The van der Waals surface area contributed by atoms with Gasteiger partial charge in [0, 0.05) is 16.8 Å². The Morgan fingerprint density at radius 1 is 1.40 bits per heavy atom. The largest absolute Gasteiger partial charge is 0.343 e. The van der Waals surface area contributed by atoms with E-state index < -0.39 is 10.0 Å². The van der Waals surface area contributed by atoms with Gasteiger partial charge in [-0.25, -0.2) is 13.1 Å². The first-order chi connectivity index (χ1) is 9.62. The summed E-state index contributed by atoms with van der Waals surface area (Å²) in [6.45, 7) is 3.69. The highest BCUT2D eigenvalue weighted by molar-refractivity contribution is 7.89. The molecule has 0 radical (unpaired) electrons. The molecule has 0 amide bonds. The minimum atomic E-state index is -3.54. The third-order valence-corrected chi connectivity index (χ3v) is 4.96. The van der Waals surface area contributed by atoms with Gasteiger partial charge < -0.3 is 9.84 Å². The van der Waals surface area contributed by atoms with Gasteiger partial charge in [0.25, 0.3) is 0 Å². The maximum Gasteiger partial charge on any atom is 0.241 e. The van der Waals surface area contributed by atoms with E-state index in [1.54, 1.807) is 11.4 Å². The Kier molecular flexibility index (Phi) is 5.24. The maximum atomic E-state index is 12.1. The molecule has 0 aromatic carbocycles. The van der Waals surface area contributed by atoms with Crippen LogP contribution in [0.4, 0.5) is 0 Å². The van der Waals surface area contributed by atoms with Gasteiger partial charge in [0.1, 0.15) is 0 Å². The Hall–Kier alpha value is -1.29. The number of rotatable bonds is 8. The van der Waals surface area contributed by atoms with E-state index in [2.05, 4.69) is 31.6 Å². The van der Waals surface area contributed by atoms with Gasteiger partial charge in [0.2, 0.25) is 16.4 Å². The van der Waals surface area contributed by atoms with E-state index in [1.807, 2.05) is 0 Å². The monoisotopic (exact) mass is 316 g/mol. The summed E-state index contributed by atoms with van der Waals surface area (Å²) in [5, 5.41) is 8.41. The van der Waals surface area contributed by atoms with Crippen molar-refractivity contribution in [2.75, 3.05) is 6.54 Å². The number of sulfonamides is 1. The average Bonchev–Trinajstić information content (AvgIpc) is 3.08. The zero-order valence-corrected chi connectivity index (χ0v) is 12.6. The molecule has 0 saturated heterocycles. The van der Waals surface area contributed by atoms with E-state index in [4.69, 9.17) is 0 Å². The molecule has 2 aromatic heterocycles. The summed E-state index contributed by atoms with van der Waals surface area (Å²) in [7, 11) is -3.54. The Morgan fingerprint density at radius 2 is 2.25 bits per heavy atom. The van der Waals surface area contributed by atoms with Crippen LogP contribution < -0.4 is 10.0 Å². The average molecular weight is 316 g/mol. The highest BCUT2D eigenvalue weighted by Crippen LogP contribution is 2.19. The highest BCUT2D eigenvalue weighted by atomic mass is 32.2. The van der Waals surface area contributed by atoms with Crippen LogP contribution >= 0.6 is 11.3 Å². The van der Waals surface area contributed by atoms with Crippen LogP contribution in [0, 0.1) is 0 Å². The van der Waals surface area contributed by atoms with E-state index in [1.165, 1.54) is 11.3 Å². The molecule has 0 atom stereocenters. The van der Waals surface area contributed by atoms with Crippen LogP contribution in [0.25, 0.3) is 0 Å². The SMILES string of the molecule is CCCNCc1cc(S(=O)(=O)NCc2ncon2)cs1. The zero-order valence-electron chi connectivity index (χ0n) is 11.0. The molecule has 2 heterocycles. The minimum absolute atomic E-state index is 0.0120. The molecule has 0 saturated carbocycles. The van der Waals surface area contributed by atoms with Gasteiger partial charge in [-0.15, -0.1) is 11.3 Å². The van der Waals surface area contributed by atoms with E-state index in [9.17, 15) is 8.42 Å². The van der Waals surface area contributed by atoms with Gasteiger partial charge in [-0.1, -0.05) is 12.1 Å². The predicted octanol–water partition coefficient (Wildman–Crippen LogP) is 1.11. The summed E-state index contributed by atoms with van der Waals surface area (Å²) in [6, 6.07) is 1.67. The maximum absolute atomic E-state index is 12.1. The van der Waals surface area contributed by atoms with Gasteiger partial charge in [-0.05, 0) is 19.0 Å². The van der Waals surface area contributed by atoms with E-state index in [0.29, 0.717) is 12.4 Å². The van der Waals surface area contributed by atoms with Crippen molar-refractivity contribution in [3.63, 3.8) is 0 Å². The van der Waals surface area contributed by atoms with Crippen LogP contribution in [0.1, 0.15) is 24.0 Å². The molecule has 110 valence electrons. The van der Waals surface area contributed by atoms with Crippen molar-refractivity contribution in [2.24, 2.45) is 0 Å². The fraction of sp³-hybridized carbons (Fsp3) is 0.455. The third-order valence-electron chi connectivity index (χ3n) is 2.49. The molecule has 0 fully saturated rings. The van der Waals surface area contributed by atoms with Gasteiger partial charge in [0.05, 0.1) is 11.4 Å². The molecule has 20 heavy (non-hydrogen) atoms. The van der Waals surface area contributed by atoms with Gasteiger partial charge in [-0.2, -0.15) is 4.98 Å². The molecule has 2 N–H and O–H groups in total. The molecule has 2 rings (SSSR count). The first kappa shape index (κ1) is 15.1. The lowest BCUT2D eigenvalue weighted by Gasteiger charge is -2.02. The first-order valence-corrected chi connectivity index (χ1v) is 8.51. The van der Waals surface area contributed by atoms with Gasteiger partial charge in [0.15, 0.2) is 5.82 Å². The van der Waals surface area contributed by atoms with Crippen LogP contribution in [0.5, 0.6) is 0 Å². The van der Waals surface area contributed by atoms with Crippen molar-refractivity contribution in [1.82, 2.24) is 20.2 Å². The summed E-state index contributed by atoms with van der Waals surface area (Å²) in [6.07, 6.45) is 2.20. The van der Waals surface area contributed by atoms with E-state index >= 15 is 0 Å². The minimum Gasteiger partial charge on any atom is -0.343 e. The fourth-order valence-electron chi connectivity index (χ4n) is 1.50. The van der Waals surface area contributed by atoms with Crippen LogP contribution in [-0.2, 0) is 23.1 Å². The summed E-state index contributed by atoms with van der Waals surface area (Å²) < 4.78 is 31.1. The second-order valence-corrected chi connectivity index (χ2v) is 6.86. The number of hydrogen-bond acceptors (Lipinski definition) is 7. The molecule has 0 unspecified atom stereocenters. The first-order valence-electron chi connectivity index (χ1n) is 6.15. The Bertz CT molecular complexity index is 622. The quantitative estimate of drug-likeness (QED) is 0.708. The smallest absolute Gasteiger partial charge is 0.241 e. The van der Waals surface area contributed by atoms with E-state index in [-0.39, 0.29) is 11.4 Å². The molecule has 7 nitrogen and oxygen atoms in total. The molecule has 0 aliphatic rings. The van der Waals surface area contributed by atoms with Crippen molar-refractivity contribution in [3.05, 3.63) is 28.5 Å². The molecule has 0 bridgehead atoms. The lowest BCUT2D eigenvalue weighted by Crippen LogP contribution is -2.23. The molecule has 0 aliphatic carbocycles. The Balaban J connectivity index is 1.95. The zero-order chi connectivity index (χ0) is 14.4. The molecule has 0 spiro atoms. The van der Waals surface area contributed by atoms with Crippen LogP contribution in [0.15, 0.2) is 27.3 Å². The fourth-order valence-corrected chi connectivity index (χ4v) is 3.72. The van der Waals surface area contributed by atoms with Crippen molar-refractivity contribution >= 4 is 21.4 Å². The number of hydrogen-bond donors (Lipinski definition) is 2. The molecule has 0 aliphatic heterocycles. The van der Waals surface area contributed by atoms with Crippen molar-refractivity contribution in [3.8, 4) is 0 Å². The Labute approximate surface area is 121 Å². The second kappa shape index (κ2) is 6.93. The molecular weight excluding hydrogens is 300 g/mol. The van der Waals surface area contributed by atoms with E-state index in [0.717, 1.165) is 24.2 Å². The van der Waals surface area contributed by atoms with Gasteiger partial charge >= 0.3 is 0 Å². The lowest BCUT2D eigenvalue weighted by atomic mass is 10.4. The number of nitrogens with one attached hydrogen (secondary N) is 2. The number of thiophene rings is 1. The number of aromatic nitrogens is 2. The molecule has 9 heteroatoms. The third kappa shape index (κ3) is 4.10. The molecular formula is C11H16N4O3S2. The predicted molar refractivity (Wildman–Crippen MR) is 74.6 cm³/mol. The summed E-state index contributed by atoms with van der Waals surface area (Å²) >= 11 is 1.42. The van der Waals surface area contributed by atoms with Crippen LogP contribution in [0.2, 0.25) is 0 Å². The standard InChI is InChI=1S/C11H16N4O3S2/c1-2-3-12-5-9-4-10(7-19-9)20(16,17)14-6-11-13-8-18-15-11/h4,7-8,12,14H,2-3,5-6H2,1H3. The lowest BCUT2D eigenvalue weighted by molar-refractivity contribution is 0.409. The van der Waals surface area contributed by atoms with Crippen LogP contribution in [-0.4, -0.2) is 25.1 Å². The number of nitrogens with zero attached hydrogens (tertiary/aromatic N) is 2. The summed E-state index contributed by atoms with van der Waals surface area (Å²) in [5.74, 6) is 0.300. The normalized spacial score (nSPS) is 11.8. The summed E-state index contributed by atoms with van der Waals surface area (Å²) in [4.78, 5) is 5.00.